The monoisotopic (exact) mass is 319 g/mol. The van der Waals surface area contributed by atoms with Crippen LogP contribution in [-0.4, -0.2) is 35.5 Å². The number of nitrogens with two attached hydrogens (primary N) is 1. The minimum atomic E-state index is -1.03. The molecule has 6 heteroatoms. The molecule has 2 unspecified atom stereocenters. The average Bonchev–Trinajstić information content (AvgIpc) is 2.78. The molecule has 0 aromatic heterocycles. The molecule has 3 amide bonds. The van der Waals surface area contributed by atoms with Crippen molar-refractivity contribution in [3.63, 3.8) is 0 Å². The van der Waals surface area contributed by atoms with Crippen molar-refractivity contribution in [1.29, 1.82) is 0 Å². The smallest absolute Gasteiger partial charge is 0.325 e. The van der Waals surface area contributed by atoms with Crippen LogP contribution in [0.1, 0.15) is 39.7 Å². The second kappa shape index (κ2) is 6.58. The normalized spacial score (nSPS) is 22.4. The Morgan fingerprint density at radius 3 is 2.30 bits per heavy atom. The van der Waals surface area contributed by atoms with Crippen molar-refractivity contribution in [2.45, 2.75) is 51.8 Å². The number of amides is 3. The van der Waals surface area contributed by atoms with Gasteiger partial charge in [-0.15, -0.1) is 0 Å². The molecule has 0 saturated carbocycles. The molecular formula is C17H25N3O3. The van der Waals surface area contributed by atoms with Crippen LogP contribution in [0, 0.1) is 0 Å². The first kappa shape index (κ1) is 17.3. The van der Waals surface area contributed by atoms with Crippen LogP contribution in [0.3, 0.4) is 0 Å². The van der Waals surface area contributed by atoms with Crippen LogP contribution >= 0.6 is 0 Å². The van der Waals surface area contributed by atoms with Crippen molar-refractivity contribution < 1.29 is 14.3 Å². The van der Waals surface area contributed by atoms with Crippen molar-refractivity contribution >= 4 is 11.9 Å². The van der Waals surface area contributed by atoms with Crippen molar-refractivity contribution in [3.8, 4) is 5.75 Å². The van der Waals surface area contributed by atoms with Crippen LogP contribution in [-0.2, 0) is 10.3 Å². The lowest BCUT2D eigenvalue weighted by molar-refractivity contribution is -0.133. The van der Waals surface area contributed by atoms with Gasteiger partial charge in [0.2, 0.25) is 0 Å². The van der Waals surface area contributed by atoms with E-state index in [4.69, 9.17) is 10.5 Å². The van der Waals surface area contributed by atoms with E-state index in [-0.39, 0.29) is 24.6 Å². The highest BCUT2D eigenvalue weighted by atomic mass is 16.5. The number of carbonyl (C=O) groups excluding carboxylic acids is 2. The van der Waals surface area contributed by atoms with Crippen molar-refractivity contribution in [2.24, 2.45) is 5.73 Å². The Morgan fingerprint density at radius 1 is 1.22 bits per heavy atom. The van der Waals surface area contributed by atoms with E-state index in [1.807, 2.05) is 45.0 Å². The van der Waals surface area contributed by atoms with Gasteiger partial charge in [-0.25, -0.2) is 4.79 Å². The highest BCUT2D eigenvalue weighted by Gasteiger charge is 2.52. The Balaban J connectivity index is 2.35. The third-order valence-electron chi connectivity index (χ3n) is 4.15. The Morgan fingerprint density at radius 2 is 1.83 bits per heavy atom. The van der Waals surface area contributed by atoms with Gasteiger partial charge in [0, 0.05) is 6.54 Å². The molecule has 0 spiro atoms. The molecular weight excluding hydrogens is 294 g/mol. The van der Waals surface area contributed by atoms with Crippen LogP contribution in [0.15, 0.2) is 24.3 Å². The largest absolute Gasteiger partial charge is 0.491 e. The van der Waals surface area contributed by atoms with Crippen LogP contribution in [0.25, 0.3) is 0 Å². The lowest BCUT2D eigenvalue weighted by Gasteiger charge is -2.27. The highest BCUT2D eigenvalue weighted by molar-refractivity contribution is 6.07. The number of urea groups is 1. The molecule has 1 heterocycles. The third kappa shape index (κ3) is 3.03. The van der Waals surface area contributed by atoms with E-state index in [0.29, 0.717) is 6.42 Å². The fraction of sp³-hybridized carbons (Fsp3) is 0.529. The molecule has 1 aromatic carbocycles. The summed E-state index contributed by atoms with van der Waals surface area (Å²) < 4.78 is 5.62. The second-order valence-electron chi connectivity index (χ2n) is 6.14. The summed E-state index contributed by atoms with van der Waals surface area (Å²) in [6.07, 6.45) is 0.546. The number of carbonyl (C=O) groups is 2. The number of rotatable bonds is 6. The predicted octanol–water partition coefficient (Wildman–Crippen LogP) is 1.98. The van der Waals surface area contributed by atoms with E-state index in [9.17, 15) is 9.59 Å². The first-order valence-electron chi connectivity index (χ1n) is 7.98. The summed E-state index contributed by atoms with van der Waals surface area (Å²) in [7, 11) is 0. The van der Waals surface area contributed by atoms with E-state index >= 15 is 0 Å². The van der Waals surface area contributed by atoms with Gasteiger partial charge in [0.1, 0.15) is 11.3 Å². The number of nitrogens with one attached hydrogen (secondary N) is 1. The zero-order valence-corrected chi connectivity index (χ0v) is 14.1. The molecule has 1 saturated heterocycles. The third-order valence-corrected chi connectivity index (χ3v) is 4.15. The van der Waals surface area contributed by atoms with Gasteiger partial charge in [0.25, 0.3) is 5.91 Å². The average molecular weight is 319 g/mol. The Labute approximate surface area is 137 Å². The van der Waals surface area contributed by atoms with Crippen LogP contribution in [0.2, 0.25) is 0 Å². The van der Waals surface area contributed by atoms with E-state index in [2.05, 4.69) is 5.32 Å². The van der Waals surface area contributed by atoms with Gasteiger partial charge >= 0.3 is 6.03 Å². The predicted molar refractivity (Wildman–Crippen MR) is 88.1 cm³/mol. The lowest BCUT2D eigenvalue weighted by atomic mass is 9.87. The maximum absolute atomic E-state index is 12.9. The fourth-order valence-corrected chi connectivity index (χ4v) is 2.83. The molecule has 0 aliphatic carbocycles. The van der Waals surface area contributed by atoms with Crippen molar-refractivity contribution in [3.05, 3.63) is 29.8 Å². The van der Waals surface area contributed by atoms with E-state index in [0.717, 1.165) is 11.3 Å². The molecule has 3 N–H and O–H groups in total. The zero-order valence-electron chi connectivity index (χ0n) is 14.1. The maximum atomic E-state index is 12.9. The molecule has 2 rings (SSSR count). The first-order chi connectivity index (χ1) is 10.9. The molecule has 23 heavy (non-hydrogen) atoms. The van der Waals surface area contributed by atoms with Gasteiger partial charge in [-0.3, -0.25) is 9.69 Å². The topological polar surface area (TPSA) is 84.7 Å². The summed E-state index contributed by atoms with van der Waals surface area (Å²) in [5.74, 6) is 0.486. The van der Waals surface area contributed by atoms with Crippen LogP contribution in [0.4, 0.5) is 4.79 Å². The van der Waals surface area contributed by atoms with E-state index in [1.54, 1.807) is 6.92 Å². The van der Waals surface area contributed by atoms with Gasteiger partial charge in [0.05, 0.1) is 12.1 Å². The lowest BCUT2D eigenvalue weighted by Crippen LogP contribution is -2.46. The molecule has 126 valence electrons. The van der Waals surface area contributed by atoms with Gasteiger partial charge in [0.15, 0.2) is 0 Å². The minimum absolute atomic E-state index is 0.0784. The van der Waals surface area contributed by atoms with Gasteiger partial charge in [-0.05, 0) is 44.9 Å². The molecule has 2 atom stereocenters. The van der Waals surface area contributed by atoms with Crippen LogP contribution in [0.5, 0.6) is 5.75 Å². The maximum Gasteiger partial charge on any atom is 0.325 e. The van der Waals surface area contributed by atoms with E-state index < -0.39 is 11.6 Å². The Kier molecular flexibility index (Phi) is 4.94. The van der Waals surface area contributed by atoms with Crippen molar-refractivity contribution in [2.75, 3.05) is 6.54 Å². The van der Waals surface area contributed by atoms with E-state index in [1.165, 1.54) is 4.90 Å². The number of hydrogen-bond donors (Lipinski definition) is 2. The highest BCUT2D eigenvalue weighted by Crippen LogP contribution is 2.34. The molecule has 0 bridgehead atoms. The molecule has 0 radical (unpaired) electrons. The zero-order chi connectivity index (χ0) is 17.2. The molecule has 1 aromatic rings. The summed E-state index contributed by atoms with van der Waals surface area (Å²) in [4.78, 5) is 26.4. The number of hydrogen-bond acceptors (Lipinski definition) is 4. The van der Waals surface area contributed by atoms with Gasteiger partial charge in [-0.2, -0.15) is 0 Å². The summed E-state index contributed by atoms with van der Waals surface area (Å²) in [6, 6.07) is 6.57. The summed E-state index contributed by atoms with van der Waals surface area (Å²) in [6.45, 7) is 7.79. The Bertz CT molecular complexity index is 585. The molecule has 6 nitrogen and oxygen atoms in total. The van der Waals surface area contributed by atoms with Gasteiger partial charge < -0.3 is 15.8 Å². The second-order valence-corrected chi connectivity index (χ2v) is 6.14. The standard InChI is InChI=1S/C17H25N3O3/c1-5-17(13-6-8-14(9-7-13)23-11(2)3)15(21)20(12(4)10-18)16(22)19-17/h6-9,11-12H,5,10,18H2,1-4H3,(H,19,22). The molecule has 1 aliphatic rings. The molecule has 1 fully saturated rings. The van der Waals surface area contributed by atoms with Gasteiger partial charge in [-0.1, -0.05) is 19.1 Å². The quantitative estimate of drug-likeness (QED) is 0.785. The summed E-state index contributed by atoms with van der Waals surface area (Å²) >= 11 is 0. The number of nitrogens with zero attached hydrogens (tertiary/aromatic N) is 1. The van der Waals surface area contributed by atoms with Crippen molar-refractivity contribution in [1.82, 2.24) is 10.2 Å². The minimum Gasteiger partial charge on any atom is -0.491 e. The summed E-state index contributed by atoms with van der Waals surface area (Å²) in [5.41, 5.74) is 5.34. The number of imide groups is 1. The SMILES string of the molecule is CCC1(c2ccc(OC(C)C)cc2)NC(=O)N(C(C)CN)C1=O. The first-order valence-corrected chi connectivity index (χ1v) is 7.98. The molecule has 1 aliphatic heterocycles. The summed E-state index contributed by atoms with van der Waals surface area (Å²) in [5, 5.41) is 2.85. The fourth-order valence-electron chi connectivity index (χ4n) is 2.83. The van der Waals surface area contributed by atoms with Crippen LogP contribution < -0.4 is 15.8 Å². The number of ether oxygens (including phenoxy) is 1. The Hall–Kier alpha value is -2.08. The number of benzene rings is 1.